The smallest absolute Gasteiger partial charge is 0.109 e. The van der Waals surface area contributed by atoms with Gasteiger partial charge in [-0.25, -0.2) is 0 Å². The average Bonchev–Trinajstić information content (AvgIpc) is 3.46. The second kappa shape index (κ2) is 4.69. The Hall–Kier alpha value is -2.16. The first-order valence-corrected chi connectivity index (χ1v) is 8.77. The Morgan fingerprint density at radius 3 is 2.50 bits per heavy atom. The predicted molar refractivity (Wildman–Crippen MR) is 93.4 cm³/mol. The van der Waals surface area contributed by atoms with Crippen molar-refractivity contribution in [3.63, 3.8) is 0 Å². The van der Waals surface area contributed by atoms with Crippen LogP contribution in [0, 0.1) is 0 Å². The minimum absolute atomic E-state index is 0.0500. The molecule has 0 radical (unpaired) electrons. The van der Waals surface area contributed by atoms with Crippen molar-refractivity contribution in [1.82, 2.24) is 0 Å². The fourth-order valence-electron chi connectivity index (χ4n) is 4.55. The molecule has 2 heterocycles. The molecule has 2 aliphatic heterocycles. The van der Waals surface area contributed by atoms with E-state index in [-0.39, 0.29) is 18.3 Å². The highest BCUT2D eigenvalue weighted by molar-refractivity contribution is 5.88. The monoisotopic (exact) mass is 314 g/mol. The van der Waals surface area contributed by atoms with Crippen LogP contribution in [0.4, 0.5) is 0 Å². The Labute approximate surface area is 141 Å². The molecule has 2 nitrogen and oxygen atoms in total. The van der Waals surface area contributed by atoms with Crippen molar-refractivity contribution >= 4 is 10.8 Å². The molecule has 3 aromatic carbocycles. The van der Waals surface area contributed by atoms with Gasteiger partial charge in [-0.2, -0.15) is 0 Å². The summed E-state index contributed by atoms with van der Waals surface area (Å²) in [7, 11) is 0. The molecule has 1 saturated heterocycles. The standard InChI is InChI=1S/C22H18O2/c1-2-7-17-13(4-1)8-9-16-10-14-5-3-6-15-11-18(19-12-23-19)24-22(20(14)15)21(16)17/h1-9,18-19,22H,10-12H2. The molecular formula is C22H18O2. The van der Waals surface area contributed by atoms with E-state index < -0.39 is 0 Å². The van der Waals surface area contributed by atoms with Crippen LogP contribution in [0.5, 0.6) is 0 Å². The molecule has 3 aliphatic rings. The molecule has 118 valence electrons. The summed E-state index contributed by atoms with van der Waals surface area (Å²) in [6.45, 7) is 0.842. The van der Waals surface area contributed by atoms with Gasteiger partial charge in [-0.1, -0.05) is 54.6 Å². The van der Waals surface area contributed by atoms with Crippen LogP contribution < -0.4 is 0 Å². The zero-order chi connectivity index (χ0) is 15.7. The molecule has 0 saturated carbocycles. The van der Waals surface area contributed by atoms with Crippen molar-refractivity contribution in [2.75, 3.05) is 6.61 Å². The van der Waals surface area contributed by atoms with Crippen molar-refractivity contribution in [3.8, 4) is 0 Å². The minimum atomic E-state index is 0.0500. The Bertz CT molecular complexity index is 971. The molecule has 3 atom stereocenters. The van der Waals surface area contributed by atoms with Gasteiger partial charge in [0.2, 0.25) is 0 Å². The van der Waals surface area contributed by atoms with E-state index >= 15 is 0 Å². The van der Waals surface area contributed by atoms with Gasteiger partial charge in [0.1, 0.15) is 12.2 Å². The molecule has 2 heteroatoms. The molecule has 1 aliphatic carbocycles. The van der Waals surface area contributed by atoms with Crippen LogP contribution in [0.15, 0.2) is 54.6 Å². The molecule has 0 bridgehead atoms. The maximum Gasteiger partial charge on any atom is 0.109 e. The molecule has 0 spiro atoms. The number of ether oxygens (including phenoxy) is 2. The summed E-state index contributed by atoms with van der Waals surface area (Å²) >= 11 is 0. The predicted octanol–water partition coefficient (Wildman–Crippen LogP) is 4.17. The number of rotatable bonds is 1. The van der Waals surface area contributed by atoms with Gasteiger partial charge < -0.3 is 9.47 Å². The van der Waals surface area contributed by atoms with Crippen molar-refractivity contribution < 1.29 is 9.47 Å². The Morgan fingerprint density at radius 1 is 0.750 bits per heavy atom. The lowest BCUT2D eigenvalue weighted by Crippen LogP contribution is -2.33. The number of benzene rings is 3. The van der Waals surface area contributed by atoms with Crippen molar-refractivity contribution in [2.24, 2.45) is 0 Å². The lowest BCUT2D eigenvalue weighted by molar-refractivity contribution is -0.0197. The first-order valence-electron chi connectivity index (χ1n) is 8.77. The highest BCUT2D eigenvalue weighted by Crippen LogP contribution is 2.47. The molecule has 6 rings (SSSR count). The van der Waals surface area contributed by atoms with E-state index in [2.05, 4.69) is 54.6 Å². The van der Waals surface area contributed by atoms with E-state index in [4.69, 9.17) is 9.47 Å². The average molecular weight is 314 g/mol. The van der Waals surface area contributed by atoms with Crippen LogP contribution in [0.1, 0.15) is 33.9 Å². The third-order valence-electron chi connectivity index (χ3n) is 5.76. The molecule has 0 amide bonds. The summed E-state index contributed by atoms with van der Waals surface area (Å²) in [5, 5.41) is 2.63. The molecule has 0 N–H and O–H groups in total. The SMILES string of the molecule is c1cc2c3c(c1)CC(C1CO1)OC3c1c(ccc3ccccc13)C2. The number of epoxide rings is 1. The molecular weight excluding hydrogens is 296 g/mol. The maximum atomic E-state index is 6.63. The Balaban J connectivity index is 1.63. The maximum absolute atomic E-state index is 6.63. The summed E-state index contributed by atoms with van der Waals surface area (Å²) in [5.74, 6) is 0. The summed E-state index contributed by atoms with van der Waals surface area (Å²) in [6.07, 6.45) is 2.50. The second-order valence-electron chi connectivity index (χ2n) is 7.16. The van der Waals surface area contributed by atoms with Crippen molar-refractivity contribution in [1.29, 1.82) is 0 Å². The van der Waals surface area contributed by atoms with E-state index in [0.29, 0.717) is 0 Å². The lowest BCUT2D eigenvalue weighted by atomic mass is 9.77. The second-order valence-corrected chi connectivity index (χ2v) is 7.16. The lowest BCUT2D eigenvalue weighted by Gasteiger charge is -2.38. The van der Waals surface area contributed by atoms with E-state index in [1.165, 1.54) is 38.6 Å². The fraction of sp³-hybridized carbons (Fsp3) is 0.273. The molecule has 3 unspecified atom stereocenters. The van der Waals surface area contributed by atoms with E-state index in [1.807, 2.05) is 0 Å². The molecule has 0 aromatic heterocycles. The minimum Gasteiger partial charge on any atom is -0.370 e. The normalized spacial score (nSPS) is 26.8. The third kappa shape index (κ3) is 1.78. The van der Waals surface area contributed by atoms with E-state index in [1.54, 1.807) is 0 Å². The molecule has 1 fully saturated rings. The highest BCUT2D eigenvalue weighted by atomic mass is 16.6. The summed E-state index contributed by atoms with van der Waals surface area (Å²) in [4.78, 5) is 0. The highest BCUT2D eigenvalue weighted by Gasteiger charge is 2.42. The zero-order valence-corrected chi connectivity index (χ0v) is 13.4. The van der Waals surface area contributed by atoms with Crippen LogP contribution in [-0.2, 0) is 22.3 Å². The van der Waals surface area contributed by atoms with Gasteiger partial charge in [-0.05, 0) is 45.0 Å². The number of hydrogen-bond acceptors (Lipinski definition) is 2. The van der Waals surface area contributed by atoms with Gasteiger partial charge in [0.05, 0.1) is 12.7 Å². The largest absolute Gasteiger partial charge is 0.370 e. The fourth-order valence-corrected chi connectivity index (χ4v) is 4.55. The van der Waals surface area contributed by atoms with Gasteiger partial charge in [-0.3, -0.25) is 0 Å². The first-order chi connectivity index (χ1) is 11.9. The summed E-state index contributed by atoms with van der Waals surface area (Å²) < 4.78 is 12.2. The topological polar surface area (TPSA) is 21.8 Å². The Kier molecular flexibility index (Phi) is 2.57. The summed E-state index contributed by atoms with van der Waals surface area (Å²) in [5.41, 5.74) is 7.07. The third-order valence-corrected chi connectivity index (χ3v) is 5.76. The van der Waals surface area contributed by atoms with Gasteiger partial charge in [0.25, 0.3) is 0 Å². The van der Waals surface area contributed by atoms with Gasteiger partial charge in [-0.15, -0.1) is 0 Å². The quantitative estimate of drug-likeness (QED) is 0.629. The van der Waals surface area contributed by atoms with E-state index in [0.717, 1.165) is 19.4 Å². The number of hydrogen-bond donors (Lipinski definition) is 0. The van der Waals surface area contributed by atoms with Crippen molar-refractivity contribution in [3.05, 3.63) is 82.4 Å². The zero-order valence-electron chi connectivity index (χ0n) is 13.4. The Morgan fingerprint density at radius 2 is 1.58 bits per heavy atom. The van der Waals surface area contributed by atoms with E-state index in [9.17, 15) is 0 Å². The van der Waals surface area contributed by atoms with Gasteiger partial charge in [0.15, 0.2) is 0 Å². The van der Waals surface area contributed by atoms with Crippen LogP contribution >= 0.6 is 0 Å². The van der Waals surface area contributed by atoms with Crippen LogP contribution in [-0.4, -0.2) is 18.8 Å². The van der Waals surface area contributed by atoms with Gasteiger partial charge >= 0.3 is 0 Å². The van der Waals surface area contributed by atoms with Crippen LogP contribution in [0.3, 0.4) is 0 Å². The number of fused-ring (bicyclic) bond motifs is 4. The van der Waals surface area contributed by atoms with Crippen LogP contribution in [0.25, 0.3) is 10.8 Å². The molecule has 3 aromatic rings. The summed E-state index contributed by atoms with van der Waals surface area (Å²) in [6, 6.07) is 20.0. The van der Waals surface area contributed by atoms with Gasteiger partial charge in [0, 0.05) is 6.42 Å². The first kappa shape index (κ1) is 13.2. The van der Waals surface area contributed by atoms with Crippen LogP contribution in [0.2, 0.25) is 0 Å². The van der Waals surface area contributed by atoms with Crippen molar-refractivity contribution in [2.45, 2.75) is 31.2 Å². The molecule has 24 heavy (non-hydrogen) atoms.